The molecule has 3 aromatic rings. The Morgan fingerprint density at radius 1 is 1.19 bits per heavy atom. The van der Waals surface area contributed by atoms with E-state index in [1.807, 2.05) is 12.1 Å². The number of methoxy groups -OCH3 is 1. The van der Waals surface area contributed by atoms with E-state index in [0.717, 1.165) is 59.6 Å². The Bertz CT molecular complexity index is 1170. The number of ether oxygens (including phenoxy) is 2. The van der Waals surface area contributed by atoms with E-state index < -0.39 is 0 Å². The van der Waals surface area contributed by atoms with E-state index >= 15 is 0 Å². The fourth-order valence-corrected chi connectivity index (χ4v) is 5.41. The number of hydrogen-bond acceptors (Lipinski definition) is 5. The zero-order valence-electron chi connectivity index (χ0n) is 18.9. The van der Waals surface area contributed by atoms with Crippen molar-refractivity contribution < 1.29 is 9.47 Å². The Morgan fingerprint density at radius 3 is 2.84 bits per heavy atom. The fraction of sp³-hybridized carbons (Fsp3) is 0.385. The van der Waals surface area contributed by atoms with Crippen LogP contribution in [0.15, 0.2) is 52.5 Å². The summed E-state index contributed by atoms with van der Waals surface area (Å²) >= 11 is 1.68. The van der Waals surface area contributed by atoms with E-state index in [9.17, 15) is 0 Å². The van der Waals surface area contributed by atoms with Crippen molar-refractivity contribution >= 4 is 27.8 Å². The molecule has 0 saturated carbocycles. The van der Waals surface area contributed by atoms with Gasteiger partial charge in [-0.25, -0.2) is 4.98 Å². The zero-order chi connectivity index (χ0) is 22.1. The van der Waals surface area contributed by atoms with E-state index in [0.29, 0.717) is 6.54 Å². The molecule has 5 rings (SSSR count). The molecule has 1 atom stereocenters. The Hall–Kier alpha value is -2.57. The van der Waals surface area contributed by atoms with Gasteiger partial charge in [0.15, 0.2) is 5.17 Å². The number of aromatic nitrogens is 1. The number of rotatable bonds is 5. The van der Waals surface area contributed by atoms with Crippen molar-refractivity contribution in [2.24, 2.45) is 4.99 Å². The largest absolute Gasteiger partial charge is 0.496 e. The van der Waals surface area contributed by atoms with Crippen molar-refractivity contribution in [3.63, 3.8) is 0 Å². The highest BCUT2D eigenvalue weighted by Gasteiger charge is 2.26. The Kier molecular flexibility index (Phi) is 6.07. The van der Waals surface area contributed by atoms with E-state index in [1.54, 1.807) is 18.9 Å². The second kappa shape index (κ2) is 9.12. The molecule has 1 saturated heterocycles. The number of hydrogen-bond donors (Lipinski definition) is 0. The standard InChI is InChI=1S/C26H29N3O2S/c1-17-10-11-18(2)24-22(17)13-20-16-29(15-19-7-4-5-9-23(19)30-3)26(32-25(20)28-24)27-14-21-8-6-12-31-21/h4-5,7,9-11,13,21H,6,8,12,14-16H2,1-3H3/t21-/m1/s1. The van der Waals surface area contributed by atoms with Crippen LogP contribution in [0.4, 0.5) is 0 Å². The average molecular weight is 448 g/mol. The monoisotopic (exact) mass is 447 g/mol. The molecule has 5 nitrogen and oxygen atoms in total. The number of nitrogens with zero attached hydrogens (tertiary/aromatic N) is 3. The number of para-hydroxylation sites is 1. The number of aliphatic imine (C=N–C) groups is 1. The molecule has 1 aromatic heterocycles. The molecule has 1 fully saturated rings. The molecule has 2 aromatic carbocycles. The minimum Gasteiger partial charge on any atom is -0.496 e. The molecule has 3 heterocycles. The highest BCUT2D eigenvalue weighted by Crippen LogP contribution is 2.36. The van der Waals surface area contributed by atoms with Crippen molar-refractivity contribution in [2.45, 2.75) is 50.9 Å². The lowest BCUT2D eigenvalue weighted by atomic mass is 10.0. The average Bonchev–Trinajstić information content (AvgIpc) is 3.33. The highest BCUT2D eigenvalue weighted by molar-refractivity contribution is 8.13. The summed E-state index contributed by atoms with van der Waals surface area (Å²) in [4.78, 5) is 12.4. The van der Waals surface area contributed by atoms with Gasteiger partial charge in [-0.05, 0) is 61.7 Å². The molecule has 0 unspecified atom stereocenters. The number of thioether (sulfide) groups is 1. The normalized spacial score (nSPS) is 19.5. The van der Waals surface area contributed by atoms with Crippen LogP contribution < -0.4 is 4.74 Å². The van der Waals surface area contributed by atoms with Gasteiger partial charge in [-0.15, -0.1) is 0 Å². The second-order valence-corrected chi connectivity index (χ2v) is 9.53. The number of benzene rings is 2. The first-order chi connectivity index (χ1) is 15.6. The van der Waals surface area contributed by atoms with Crippen molar-refractivity contribution in [1.82, 2.24) is 9.88 Å². The first-order valence-electron chi connectivity index (χ1n) is 11.2. The van der Waals surface area contributed by atoms with Gasteiger partial charge in [0.2, 0.25) is 0 Å². The smallest absolute Gasteiger partial charge is 0.166 e. The third-order valence-electron chi connectivity index (χ3n) is 6.27. The lowest BCUT2D eigenvalue weighted by Gasteiger charge is -2.31. The molecule has 0 aliphatic carbocycles. The maximum absolute atomic E-state index is 5.82. The van der Waals surface area contributed by atoms with Gasteiger partial charge < -0.3 is 14.4 Å². The summed E-state index contributed by atoms with van der Waals surface area (Å²) in [7, 11) is 1.73. The summed E-state index contributed by atoms with van der Waals surface area (Å²) in [6.07, 6.45) is 2.45. The van der Waals surface area contributed by atoms with Gasteiger partial charge in [0, 0.05) is 36.2 Å². The summed E-state index contributed by atoms with van der Waals surface area (Å²) in [5.41, 5.74) is 5.98. The van der Waals surface area contributed by atoms with Crippen molar-refractivity contribution in [1.29, 1.82) is 0 Å². The van der Waals surface area contributed by atoms with Crippen LogP contribution in [-0.2, 0) is 17.8 Å². The minimum atomic E-state index is 0.229. The quantitative estimate of drug-likeness (QED) is 0.517. The first-order valence-corrected chi connectivity index (χ1v) is 12.0. The van der Waals surface area contributed by atoms with Crippen LogP contribution in [0, 0.1) is 13.8 Å². The van der Waals surface area contributed by atoms with E-state index in [4.69, 9.17) is 19.5 Å². The summed E-state index contributed by atoms with van der Waals surface area (Å²) in [6, 6.07) is 14.9. The Morgan fingerprint density at radius 2 is 2.03 bits per heavy atom. The van der Waals surface area contributed by atoms with E-state index in [2.05, 4.69) is 49.1 Å². The van der Waals surface area contributed by atoms with Crippen LogP contribution in [-0.4, -0.2) is 41.4 Å². The van der Waals surface area contributed by atoms with Crippen LogP contribution in [0.25, 0.3) is 10.9 Å². The lowest BCUT2D eigenvalue weighted by molar-refractivity contribution is 0.117. The number of fused-ring (bicyclic) bond motifs is 2. The van der Waals surface area contributed by atoms with Crippen LogP contribution in [0.1, 0.15) is 35.1 Å². The number of amidine groups is 1. The summed E-state index contributed by atoms with van der Waals surface area (Å²) in [5.74, 6) is 0.907. The molecule has 0 amide bonds. The van der Waals surface area contributed by atoms with Gasteiger partial charge in [0.1, 0.15) is 10.8 Å². The van der Waals surface area contributed by atoms with Crippen molar-refractivity contribution in [3.8, 4) is 5.75 Å². The van der Waals surface area contributed by atoms with E-state index in [-0.39, 0.29) is 6.10 Å². The second-order valence-electron chi connectivity index (χ2n) is 8.58. The minimum absolute atomic E-state index is 0.229. The van der Waals surface area contributed by atoms with Gasteiger partial charge >= 0.3 is 0 Å². The highest BCUT2D eigenvalue weighted by atomic mass is 32.2. The summed E-state index contributed by atoms with van der Waals surface area (Å²) < 4.78 is 11.4. The number of pyridine rings is 1. The SMILES string of the molecule is COc1ccccc1CN1Cc2cc3c(C)ccc(C)c3nc2SC1=NC[C@H]1CCCO1. The summed E-state index contributed by atoms with van der Waals surface area (Å²) in [5, 5.41) is 3.31. The molecule has 0 N–H and O–H groups in total. The van der Waals surface area contributed by atoms with Gasteiger partial charge in [-0.3, -0.25) is 4.99 Å². The molecular weight excluding hydrogens is 418 g/mol. The fourth-order valence-electron chi connectivity index (χ4n) is 4.45. The predicted octanol–water partition coefficient (Wildman–Crippen LogP) is 5.50. The Balaban J connectivity index is 1.52. The first kappa shape index (κ1) is 21.3. The summed E-state index contributed by atoms with van der Waals surface area (Å²) in [6.45, 7) is 7.36. The molecule has 0 spiro atoms. The van der Waals surface area contributed by atoms with Crippen molar-refractivity contribution in [3.05, 3.63) is 64.7 Å². The van der Waals surface area contributed by atoms with Gasteiger partial charge in [-0.1, -0.05) is 30.3 Å². The van der Waals surface area contributed by atoms with Gasteiger partial charge in [-0.2, -0.15) is 0 Å². The third-order valence-corrected chi connectivity index (χ3v) is 7.39. The predicted molar refractivity (Wildman–Crippen MR) is 131 cm³/mol. The molecular formula is C26H29N3O2S. The van der Waals surface area contributed by atoms with Crippen LogP contribution in [0.5, 0.6) is 5.75 Å². The van der Waals surface area contributed by atoms with Crippen molar-refractivity contribution in [2.75, 3.05) is 20.3 Å². The van der Waals surface area contributed by atoms with Gasteiger partial charge in [0.05, 0.1) is 25.3 Å². The molecule has 0 bridgehead atoms. The molecule has 2 aliphatic heterocycles. The third kappa shape index (κ3) is 4.21. The van der Waals surface area contributed by atoms with Crippen LogP contribution in [0.2, 0.25) is 0 Å². The maximum atomic E-state index is 5.82. The molecule has 6 heteroatoms. The zero-order valence-corrected chi connectivity index (χ0v) is 19.7. The molecule has 0 radical (unpaired) electrons. The molecule has 32 heavy (non-hydrogen) atoms. The topological polar surface area (TPSA) is 47.0 Å². The maximum Gasteiger partial charge on any atom is 0.166 e. The van der Waals surface area contributed by atoms with Crippen LogP contribution in [0.3, 0.4) is 0 Å². The van der Waals surface area contributed by atoms with Gasteiger partial charge in [0.25, 0.3) is 0 Å². The molecule has 166 valence electrons. The van der Waals surface area contributed by atoms with E-state index in [1.165, 1.54) is 22.1 Å². The number of aryl methyl sites for hydroxylation is 2. The Labute approximate surface area is 193 Å². The van der Waals surface area contributed by atoms with Crippen LogP contribution >= 0.6 is 11.8 Å². The lowest BCUT2D eigenvalue weighted by Crippen LogP contribution is -2.32. The molecule has 2 aliphatic rings.